The van der Waals surface area contributed by atoms with Crippen molar-refractivity contribution in [1.29, 1.82) is 0 Å². The Morgan fingerprint density at radius 2 is 2.05 bits per heavy atom. The fraction of sp³-hybridized carbons (Fsp3) is 0.643. The van der Waals surface area contributed by atoms with Gasteiger partial charge in [-0.3, -0.25) is 0 Å². The number of hydrogen-bond donors (Lipinski definition) is 3. The number of carboxylic acid groups (broad SMARTS) is 1. The standard InChI is InChI=1S/C14H21NO3S/c16-9-11-4-2-1-3-10(11)7-15-8-12-5-6-13(19-12)14(17)18/h5-6,10-11,15-16H,1-4,7-9H2,(H,17,18). The Morgan fingerprint density at radius 1 is 1.32 bits per heavy atom. The lowest BCUT2D eigenvalue weighted by atomic mass is 9.79. The minimum absolute atomic E-state index is 0.286. The van der Waals surface area contributed by atoms with Gasteiger partial charge in [-0.1, -0.05) is 12.8 Å². The van der Waals surface area contributed by atoms with Crippen molar-refractivity contribution >= 4 is 17.3 Å². The highest BCUT2D eigenvalue weighted by atomic mass is 32.1. The maximum absolute atomic E-state index is 10.8. The van der Waals surface area contributed by atoms with Crippen LogP contribution in [0.3, 0.4) is 0 Å². The molecule has 0 saturated heterocycles. The van der Waals surface area contributed by atoms with E-state index in [1.165, 1.54) is 30.6 Å². The van der Waals surface area contributed by atoms with Gasteiger partial charge in [0.25, 0.3) is 0 Å². The molecule has 1 aromatic heterocycles. The van der Waals surface area contributed by atoms with Crippen molar-refractivity contribution in [3.05, 3.63) is 21.9 Å². The summed E-state index contributed by atoms with van der Waals surface area (Å²) >= 11 is 1.32. The summed E-state index contributed by atoms with van der Waals surface area (Å²) in [5, 5.41) is 21.6. The number of aromatic carboxylic acids is 1. The number of hydrogen-bond acceptors (Lipinski definition) is 4. The van der Waals surface area contributed by atoms with Gasteiger partial charge < -0.3 is 15.5 Å². The second kappa shape index (κ2) is 7.03. The van der Waals surface area contributed by atoms with Crippen LogP contribution >= 0.6 is 11.3 Å². The highest BCUT2D eigenvalue weighted by Crippen LogP contribution is 2.29. The molecule has 19 heavy (non-hydrogen) atoms. The van der Waals surface area contributed by atoms with Gasteiger partial charge >= 0.3 is 5.97 Å². The van der Waals surface area contributed by atoms with Gasteiger partial charge in [0.05, 0.1) is 0 Å². The third kappa shape index (κ3) is 4.03. The second-order valence-corrected chi connectivity index (χ2v) is 6.36. The van der Waals surface area contributed by atoms with E-state index < -0.39 is 5.97 Å². The molecule has 0 spiro atoms. The Labute approximate surface area is 117 Å². The largest absolute Gasteiger partial charge is 0.477 e. The van der Waals surface area contributed by atoms with Gasteiger partial charge in [0, 0.05) is 18.0 Å². The molecule has 5 heteroatoms. The monoisotopic (exact) mass is 283 g/mol. The fourth-order valence-electron chi connectivity index (χ4n) is 2.76. The van der Waals surface area contributed by atoms with E-state index in [0.29, 0.717) is 23.3 Å². The summed E-state index contributed by atoms with van der Waals surface area (Å²) in [6.07, 6.45) is 4.80. The average Bonchev–Trinajstić information content (AvgIpc) is 2.88. The van der Waals surface area contributed by atoms with Crippen molar-refractivity contribution in [2.24, 2.45) is 11.8 Å². The van der Waals surface area contributed by atoms with Crippen LogP contribution in [0.5, 0.6) is 0 Å². The zero-order valence-corrected chi connectivity index (χ0v) is 11.8. The number of thiophene rings is 1. The first-order chi connectivity index (χ1) is 9.20. The molecule has 0 bridgehead atoms. The van der Waals surface area contributed by atoms with E-state index in [2.05, 4.69) is 5.32 Å². The van der Waals surface area contributed by atoms with Gasteiger partial charge in [-0.15, -0.1) is 11.3 Å². The lowest BCUT2D eigenvalue weighted by Gasteiger charge is -2.30. The molecule has 0 aromatic carbocycles. The molecule has 0 radical (unpaired) electrons. The number of nitrogens with one attached hydrogen (secondary N) is 1. The smallest absolute Gasteiger partial charge is 0.345 e. The van der Waals surface area contributed by atoms with Crippen LogP contribution in [0.25, 0.3) is 0 Å². The first-order valence-electron chi connectivity index (χ1n) is 6.84. The van der Waals surface area contributed by atoms with Crippen molar-refractivity contribution in [2.75, 3.05) is 13.2 Å². The van der Waals surface area contributed by atoms with Gasteiger partial charge in [-0.25, -0.2) is 4.79 Å². The SMILES string of the molecule is O=C(O)c1ccc(CNCC2CCCCC2CO)s1. The third-order valence-electron chi connectivity index (χ3n) is 3.88. The Morgan fingerprint density at radius 3 is 2.68 bits per heavy atom. The van der Waals surface area contributed by atoms with E-state index in [-0.39, 0.29) is 6.61 Å². The van der Waals surface area contributed by atoms with Crippen LogP contribution in [0, 0.1) is 11.8 Å². The molecule has 0 amide bonds. The molecule has 2 rings (SSSR count). The highest BCUT2D eigenvalue weighted by Gasteiger charge is 2.23. The Hall–Kier alpha value is -0.910. The predicted octanol–water partition coefficient (Wildman–Crippen LogP) is 2.33. The van der Waals surface area contributed by atoms with Crippen LogP contribution in [-0.4, -0.2) is 29.3 Å². The lowest BCUT2D eigenvalue weighted by Crippen LogP contribution is -2.32. The Balaban J connectivity index is 1.77. The van der Waals surface area contributed by atoms with E-state index in [9.17, 15) is 9.90 Å². The molecular formula is C14H21NO3S. The number of carbonyl (C=O) groups is 1. The van der Waals surface area contributed by atoms with Crippen LogP contribution < -0.4 is 5.32 Å². The average molecular weight is 283 g/mol. The normalized spacial score (nSPS) is 23.4. The van der Waals surface area contributed by atoms with Gasteiger partial charge in [0.15, 0.2) is 0 Å². The molecule has 1 aliphatic carbocycles. The fourth-order valence-corrected chi connectivity index (χ4v) is 3.58. The van der Waals surface area contributed by atoms with Crippen LogP contribution in [0.2, 0.25) is 0 Å². The van der Waals surface area contributed by atoms with E-state index in [1.54, 1.807) is 6.07 Å². The van der Waals surface area contributed by atoms with E-state index in [0.717, 1.165) is 17.8 Å². The van der Waals surface area contributed by atoms with E-state index >= 15 is 0 Å². The van der Waals surface area contributed by atoms with Gasteiger partial charge in [-0.2, -0.15) is 0 Å². The second-order valence-electron chi connectivity index (χ2n) is 5.19. The minimum atomic E-state index is -0.858. The molecule has 106 valence electrons. The summed E-state index contributed by atoms with van der Waals surface area (Å²) in [5.74, 6) is 0.126. The maximum Gasteiger partial charge on any atom is 0.345 e. The van der Waals surface area contributed by atoms with Crippen LogP contribution in [0.1, 0.15) is 40.2 Å². The molecule has 1 heterocycles. The quantitative estimate of drug-likeness (QED) is 0.749. The number of rotatable bonds is 6. The van der Waals surface area contributed by atoms with Crippen LogP contribution in [0.15, 0.2) is 12.1 Å². The molecule has 1 aliphatic rings. The van der Waals surface area contributed by atoms with Crippen molar-refractivity contribution in [1.82, 2.24) is 5.32 Å². The first kappa shape index (κ1) is 14.5. The van der Waals surface area contributed by atoms with Crippen molar-refractivity contribution in [3.8, 4) is 0 Å². The van der Waals surface area contributed by atoms with E-state index in [4.69, 9.17) is 5.11 Å². The summed E-state index contributed by atoms with van der Waals surface area (Å²) in [6, 6.07) is 3.52. The summed E-state index contributed by atoms with van der Waals surface area (Å²) in [5.41, 5.74) is 0. The molecule has 1 fully saturated rings. The lowest BCUT2D eigenvalue weighted by molar-refractivity contribution is 0.0702. The van der Waals surface area contributed by atoms with Crippen molar-refractivity contribution < 1.29 is 15.0 Å². The predicted molar refractivity (Wildman–Crippen MR) is 75.5 cm³/mol. The highest BCUT2D eigenvalue weighted by molar-refractivity contribution is 7.13. The molecule has 4 nitrogen and oxygen atoms in total. The van der Waals surface area contributed by atoms with Gasteiger partial charge in [-0.05, 0) is 43.4 Å². The molecule has 0 aliphatic heterocycles. The third-order valence-corrected chi connectivity index (χ3v) is 4.95. The molecule has 1 saturated carbocycles. The minimum Gasteiger partial charge on any atom is -0.477 e. The van der Waals surface area contributed by atoms with E-state index in [1.807, 2.05) is 6.07 Å². The molecule has 3 N–H and O–H groups in total. The topological polar surface area (TPSA) is 69.6 Å². The summed E-state index contributed by atoms with van der Waals surface area (Å²) in [6.45, 7) is 1.91. The molecule has 1 aromatic rings. The van der Waals surface area contributed by atoms with Gasteiger partial charge in [0.1, 0.15) is 4.88 Å². The maximum atomic E-state index is 10.8. The summed E-state index contributed by atoms with van der Waals surface area (Å²) < 4.78 is 0. The summed E-state index contributed by atoms with van der Waals surface area (Å²) in [7, 11) is 0. The number of aliphatic hydroxyl groups is 1. The Bertz CT molecular complexity index is 419. The molecule has 2 unspecified atom stereocenters. The molecular weight excluding hydrogens is 262 g/mol. The van der Waals surface area contributed by atoms with Crippen molar-refractivity contribution in [3.63, 3.8) is 0 Å². The number of carboxylic acids is 1. The Kier molecular flexibility index (Phi) is 5.36. The first-order valence-corrected chi connectivity index (χ1v) is 7.66. The molecule has 2 atom stereocenters. The number of aliphatic hydroxyl groups excluding tert-OH is 1. The van der Waals surface area contributed by atoms with Crippen LogP contribution in [-0.2, 0) is 6.54 Å². The van der Waals surface area contributed by atoms with Gasteiger partial charge in [0.2, 0.25) is 0 Å². The van der Waals surface area contributed by atoms with Crippen LogP contribution in [0.4, 0.5) is 0 Å². The zero-order valence-electron chi connectivity index (χ0n) is 11.0. The van der Waals surface area contributed by atoms with Crippen molar-refractivity contribution in [2.45, 2.75) is 32.2 Å². The summed E-state index contributed by atoms with van der Waals surface area (Å²) in [4.78, 5) is 12.2. The zero-order chi connectivity index (χ0) is 13.7.